The summed E-state index contributed by atoms with van der Waals surface area (Å²) in [7, 11) is 0. The van der Waals surface area contributed by atoms with Gasteiger partial charge in [-0.25, -0.2) is 0 Å². The van der Waals surface area contributed by atoms with Crippen LogP contribution in [0.15, 0.2) is 279 Å². The van der Waals surface area contributed by atoms with Crippen LogP contribution in [-0.4, -0.2) is 0 Å². The van der Waals surface area contributed by atoms with Gasteiger partial charge in [-0.3, -0.25) is 0 Å². The highest BCUT2D eigenvalue weighted by atomic mass is 15.4. The summed E-state index contributed by atoms with van der Waals surface area (Å²) in [5, 5.41) is 3.65. The molecule has 0 spiro atoms. The number of benzene rings is 10. The Kier molecular flexibility index (Phi) is 11.3. The summed E-state index contributed by atoms with van der Waals surface area (Å²) in [5.41, 5.74) is 15.6. The van der Waals surface area contributed by atoms with E-state index < -0.39 is 0 Å². The number of hydrogen-bond acceptors (Lipinski definition) is 3. The summed E-state index contributed by atoms with van der Waals surface area (Å²) < 4.78 is 0.466. The molecule has 306 valence electrons. The number of rotatable bonds is 13. The highest BCUT2D eigenvalue weighted by Crippen LogP contribution is 2.51. The molecule has 1 N–H and O–H groups in total. The Balaban J connectivity index is 0.894. The van der Waals surface area contributed by atoms with Gasteiger partial charge in [-0.15, -0.1) is 0 Å². The molecule has 0 atom stereocenters. The van der Waals surface area contributed by atoms with Gasteiger partial charge in [0.15, 0.2) is 0 Å². The lowest BCUT2D eigenvalue weighted by Gasteiger charge is -2.37. The number of para-hydroxylation sites is 6. The molecule has 0 radical (unpaired) electrons. The van der Waals surface area contributed by atoms with Crippen molar-refractivity contribution in [3.63, 3.8) is 0 Å². The SMILES string of the molecule is c1ccc(N(c2ccccc2)c2ccc(N(c3ccccc3)c3ccc(-c4ccc(Nc5ccc([N+](c6ccccc6)(c6ccccc6)c6ccccc6)cc5)cc4)cc3)cc2)cc1. The highest BCUT2D eigenvalue weighted by Gasteiger charge is 2.39. The topological polar surface area (TPSA) is 18.5 Å². The third-order valence-electron chi connectivity index (χ3n) is 11.7. The lowest BCUT2D eigenvalue weighted by atomic mass is 10.0. The third kappa shape index (κ3) is 8.05. The van der Waals surface area contributed by atoms with E-state index in [4.69, 9.17) is 0 Å². The maximum atomic E-state index is 3.65. The van der Waals surface area contributed by atoms with Crippen molar-refractivity contribution >= 4 is 68.2 Å². The predicted octanol–water partition coefficient (Wildman–Crippen LogP) is 17.3. The summed E-state index contributed by atoms with van der Waals surface area (Å²) in [4.78, 5) is 4.60. The van der Waals surface area contributed by atoms with Crippen molar-refractivity contribution in [3.05, 3.63) is 279 Å². The van der Waals surface area contributed by atoms with E-state index in [2.05, 4.69) is 294 Å². The molecule has 0 amide bonds. The fourth-order valence-corrected chi connectivity index (χ4v) is 8.71. The van der Waals surface area contributed by atoms with Crippen molar-refractivity contribution in [1.82, 2.24) is 4.48 Å². The molecule has 4 nitrogen and oxygen atoms in total. The zero-order valence-electron chi connectivity index (χ0n) is 35.4. The van der Waals surface area contributed by atoms with E-state index in [0.717, 1.165) is 62.3 Å². The largest absolute Gasteiger partial charge is 0.356 e. The Labute approximate surface area is 376 Å². The van der Waals surface area contributed by atoms with Gasteiger partial charge in [0.25, 0.3) is 0 Å². The summed E-state index contributed by atoms with van der Waals surface area (Å²) in [5.74, 6) is 0. The smallest absolute Gasteiger partial charge is 0.148 e. The molecule has 0 fully saturated rings. The van der Waals surface area contributed by atoms with Gasteiger partial charge in [0.1, 0.15) is 22.7 Å². The average Bonchev–Trinajstić information content (AvgIpc) is 3.38. The molecule has 0 aromatic heterocycles. The maximum absolute atomic E-state index is 3.65. The Hall–Kier alpha value is -8.44. The molecule has 0 aliphatic heterocycles. The van der Waals surface area contributed by atoms with Gasteiger partial charge in [0, 0.05) is 94.0 Å². The average molecular weight is 824 g/mol. The van der Waals surface area contributed by atoms with Crippen LogP contribution in [0.25, 0.3) is 11.1 Å². The Morgan fingerprint density at radius 2 is 0.453 bits per heavy atom. The molecular formula is C60H47N4+. The number of nitrogens with zero attached hydrogens (tertiary/aromatic N) is 3. The van der Waals surface area contributed by atoms with Gasteiger partial charge in [-0.05, 0) is 108 Å². The monoisotopic (exact) mass is 823 g/mol. The lowest BCUT2D eigenvalue weighted by Crippen LogP contribution is -2.33. The first-order chi connectivity index (χ1) is 31.7. The summed E-state index contributed by atoms with van der Waals surface area (Å²) in [6.45, 7) is 0. The van der Waals surface area contributed by atoms with Crippen molar-refractivity contribution in [1.29, 1.82) is 0 Å². The molecule has 0 saturated carbocycles. The van der Waals surface area contributed by atoms with Crippen LogP contribution in [0.2, 0.25) is 0 Å². The molecule has 0 aliphatic rings. The Morgan fingerprint density at radius 3 is 0.781 bits per heavy atom. The van der Waals surface area contributed by atoms with Crippen LogP contribution in [0.3, 0.4) is 0 Å². The maximum Gasteiger partial charge on any atom is 0.148 e. The second kappa shape index (κ2) is 18.3. The zero-order chi connectivity index (χ0) is 43.0. The standard InChI is InChI=1S/C60H47N4/c1-7-19-51(20-8-1)62(52-21-9-2-10-22-52)55-41-43-56(44-42-55)63(53-23-11-3-12-24-53)54-39-33-48(34-40-54)47-31-35-49(36-32-47)61-50-37-45-60(46-38-50)64(57-25-13-4-14-26-57,58-27-15-5-16-28-58)59-29-17-6-18-30-59/h1-46,61H/q+1. The molecule has 10 aromatic rings. The Bertz CT molecular complexity index is 2860. The van der Waals surface area contributed by atoms with Crippen LogP contribution in [-0.2, 0) is 0 Å². The van der Waals surface area contributed by atoms with Crippen LogP contribution in [0.1, 0.15) is 0 Å². The van der Waals surface area contributed by atoms with Gasteiger partial charge in [-0.2, -0.15) is 4.48 Å². The van der Waals surface area contributed by atoms with Gasteiger partial charge < -0.3 is 15.1 Å². The first kappa shape index (κ1) is 39.7. The van der Waals surface area contributed by atoms with Crippen molar-refractivity contribution in [2.75, 3.05) is 15.1 Å². The fraction of sp³-hybridized carbons (Fsp3) is 0. The quantitative estimate of drug-likeness (QED) is 0.117. The minimum atomic E-state index is 0.466. The third-order valence-corrected chi connectivity index (χ3v) is 11.7. The van der Waals surface area contributed by atoms with Gasteiger partial charge >= 0.3 is 0 Å². The van der Waals surface area contributed by atoms with Crippen LogP contribution in [0, 0.1) is 0 Å². The molecule has 10 aromatic carbocycles. The zero-order valence-corrected chi connectivity index (χ0v) is 35.4. The number of nitrogens with one attached hydrogen (secondary N) is 1. The second-order valence-corrected chi connectivity index (χ2v) is 15.7. The second-order valence-electron chi connectivity index (χ2n) is 15.7. The van der Waals surface area contributed by atoms with Crippen LogP contribution in [0.4, 0.5) is 68.2 Å². The van der Waals surface area contributed by atoms with E-state index in [1.807, 2.05) is 0 Å². The van der Waals surface area contributed by atoms with E-state index in [-0.39, 0.29) is 0 Å². The van der Waals surface area contributed by atoms with E-state index in [9.17, 15) is 0 Å². The van der Waals surface area contributed by atoms with Gasteiger partial charge in [0.05, 0.1) is 0 Å². The van der Waals surface area contributed by atoms with Gasteiger partial charge in [0.2, 0.25) is 0 Å². The van der Waals surface area contributed by atoms with Crippen molar-refractivity contribution < 1.29 is 0 Å². The molecular weight excluding hydrogens is 777 g/mol. The first-order valence-electron chi connectivity index (χ1n) is 21.7. The van der Waals surface area contributed by atoms with Crippen molar-refractivity contribution in [2.45, 2.75) is 0 Å². The van der Waals surface area contributed by atoms with Crippen molar-refractivity contribution in [3.8, 4) is 11.1 Å². The normalized spacial score (nSPS) is 11.1. The van der Waals surface area contributed by atoms with Crippen LogP contribution < -0.4 is 19.6 Å². The Morgan fingerprint density at radius 1 is 0.219 bits per heavy atom. The fourth-order valence-electron chi connectivity index (χ4n) is 8.71. The predicted molar refractivity (Wildman–Crippen MR) is 271 cm³/mol. The number of quaternary nitrogens is 1. The van der Waals surface area contributed by atoms with Crippen LogP contribution in [0.5, 0.6) is 0 Å². The number of hydrogen-bond donors (Lipinski definition) is 1. The summed E-state index contributed by atoms with van der Waals surface area (Å²) in [6.07, 6.45) is 0. The van der Waals surface area contributed by atoms with Crippen LogP contribution >= 0.6 is 0 Å². The molecule has 0 aliphatic carbocycles. The van der Waals surface area contributed by atoms with E-state index in [0.29, 0.717) is 4.48 Å². The van der Waals surface area contributed by atoms with Crippen molar-refractivity contribution in [2.24, 2.45) is 0 Å². The summed E-state index contributed by atoms with van der Waals surface area (Å²) in [6, 6.07) is 99.0. The molecule has 0 unspecified atom stereocenters. The summed E-state index contributed by atoms with van der Waals surface area (Å²) >= 11 is 0. The minimum absolute atomic E-state index is 0.466. The first-order valence-corrected chi connectivity index (χ1v) is 21.7. The molecule has 10 rings (SSSR count). The number of anilines is 8. The molecule has 64 heavy (non-hydrogen) atoms. The van der Waals surface area contributed by atoms with E-state index >= 15 is 0 Å². The molecule has 0 bridgehead atoms. The molecule has 4 heteroatoms. The molecule has 0 heterocycles. The molecule has 0 saturated heterocycles. The van der Waals surface area contributed by atoms with Gasteiger partial charge in [-0.1, -0.05) is 133 Å². The van der Waals surface area contributed by atoms with E-state index in [1.165, 1.54) is 17.1 Å². The lowest BCUT2D eigenvalue weighted by molar-refractivity contribution is 0.704. The highest BCUT2D eigenvalue weighted by molar-refractivity contribution is 5.84. The minimum Gasteiger partial charge on any atom is -0.356 e. The van der Waals surface area contributed by atoms with E-state index in [1.54, 1.807) is 0 Å².